The molecule has 2 heterocycles. The van der Waals surface area contributed by atoms with Gasteiger partial charge in [0, 0.05) is 19.7 Å². The summed E-state index contributed by atoms with van der Waals surface area (Å²) in [5.74, 6) is 0.0625. The highest BCUT2D eigenvalue weighted by atomic mass is 16.5. The summed E-state index contributed by atoms with van der Waals surface area (Å²) in [6, 6.07) is 0. The third-order valence-corrected chi connectivity index (χ3v) is 3.19. The van der Waals surface area contributed by atoms with E-state index in [9.17, 15) is 9.90 Å². The molecule has 1 N–H and O–H groups in total. The zero-order chi connectivity index (χ0) is 10.9. The number of β-amino-alcohol motifs (C(OH)–C–C–N with tert-alkyl or cyclic N) is 1. The van der Waals surface area contributed by atoms with Crippen molar-refractivity contribution in [3.63, 3.8) is 0 Å². The summed E-state index contributed by atoms with van der Waals surface area (Å²) >= 11 is 0. The molecule has 2 fully saturated rings. The summed E-state index contributed by atoms with van der Waals surface area (Å²) in [4.78, 5) is 13.7. The van der Waals surface area contributed by atoms with Crippen LogP contribution in [0, 0.1) is 0 Å². The Bertz CT molecular complexity index is 246. The normalized spacial score (nSPS) is 36.9. The van der Waals surface area contributed by atoms with Gasteiger partial charge in [0.25, 0.3) is 5.91 Å². The zero-order valence-corrected chi connectivity index (χ0v) is 9.24. The summed E-state index contributed by atoms with van der Waals surface area (Å²) < 4.78 is 5.36. The number of piperidine rings is 1. The number of ether oxygens (including phenoxy) is 1. The molecule has 0 aromatic carbocycles. The van der Waals surface area contributed by atoms with E-state index in [1.54, 1.807) is 11.8 Å². The first kappa shape index (κ1) is 10.9. The van der Waals surface area contributed by atoms with E-state index in [4.69, 9.17) is 4.74 Å². The molecule has 0 spiro atoms. The van der Waals surface area contributed by atoms with Gasteiger partial charge in [0.2, 0.25) is 0 Å². The molecule has 2 saturated heterocycles. The standard InChI is InChI=1S/C11H19NO3/c1-11(14)5-3-6-12(8-11)10(13)9-4-2-7-15-9/h9,14H,2-8H2,1H3/t9-,11?/m0/s1. The van der Waals surface area contributed by atoms with Crippen LogP contribution >= 0.6 is 0 Å². The van der Waals surface area contributed by atoms with Crippen LogP contribution in [0.4, 0.5) is 0 Å². The highest BCUT2D eigenvalue weighted by Gasteiger charge is 2.35. The number of amides is 1. The lowest BCUT2D eigenvalue weighted by Gasteiger charge is -2.37. The molecule has 2 atom stereocenters. The monoisotopic (exact) mass is 213 g/mol. The van der Waals surface area contributed by atoms with Crippen molar-refractivity contribution in [1.29, 1.82) is 0 Å². The lowest BCUT2D eigenvalue weighted by Crippen LogP contribution is -2.51. The number of hydrogen-bond donors (Lipinski definition) is 1. The molecule has 0 saturated carbocycles. The molecular weight excluding hydrogens is 194 g/mol. The first-order valence-corrected chi connectivity index (χ1v) is 5.71. The molecule has 1 unspecified atom stereocenters. The Morgan fingerprint density at radius 2 is 2.33 bits per heavy atom. The van der Waals surface area contributed by atoms with Gasteiger partial charge in [-0.2, -0.15) is 0 Å². The molecule has 2 rings (SSSR count). The average molecular weight is 213 g/mol. The number of likely N-dealkylation sites (tertiary alicyclic amines) is 1. The fourth-order valence-corrected chi connectivity index (χ4v) is 2.38. The van der Waals surface area contributed by atoms with Gasteiger partial charge in [-0.3, -0.25) is 4.79 Å². The first-order valence-electron chi connectivity index (χ1n) is 5.71. The Balaban J connectivity index is 1.94. The summed E-state index contributed by atoms with van der Waals surface area (Å²) in [5.41, 5.74) is -0.716. The van der Waals surface area contributed by atoms with Crippen LogP contribution in [-0.2, 0) is 9.53 Å². The third-order valence-electron chi connectivity index (χ3n) is 3.19. The van der Waals surface area contributed by atoms with Gasteiger partial charge >= 0.3 is 0 Å². The van der Waals surface area contributed by atoms with Gasteiger partial charge in [0.15, 0.2) is 0 Å². The van der Waals surface area contributed by atoms with Crippen LogP contribution in [0.2, 0.25) is 0 Å². The molecule has 1 amide bonds. The molecule has 0 bridgehead atoms. The Morgan fingerprint density at radius 1 is 1.53 bits per heavy atom. The summed E-state index contributed by atoms with van der Waals surface area (Å²) in [7, 11) is 0. The van der Waals surface area contributed by atoms with Gasteiger partial charge in [-0.1, -0.05) is 0 Å². The molecule has 15 heavy (non-hydrogen) atoms. The van der Waals surface area contributed by atoms with Crippen molar-refractivity contribution in [2.24, 2.45) is 0 Å². The molecule has 0 aromatic rings. The van der Waals surface area contributed by atoms with Gasteiger partial charge in [0.1, 0.15) is 6.10 Å². The molecule has 4 heteroatoms. The summed E-state index contributed by atoms with van der Waals surface area (Å²) in [6.07, 6.45) is 3.21. The summed E-state index contributed by atoms with van der Waals surface area (Å²) in [6.45, 7) is 3.70. The minimum atomic E-state index is -0.716. The van der Waals surface area contributed by atoms with Crippen molar-refractivity contribution >= 4 is 5.91 Å². The van der Waals surface area contributed by atoms with E-state index in [0.29, 0.717) is 13.2 Å². The van der Waals surface area contributed by atoms with Crippen molar-refractivity contribution in [3.05, 3.63) is 0 Å². The zero-order valence-electron chi connectivity index (χ0n) is 9.24. The van der Waals surface area contributed by atoms with Gasteiger partial charge in [-0.25, -0.2) is 0 Å². The average Bonchev–Trinajstić information content (AvgIpc) is 2.67. The smallest absolute Gasteiger partial charge is 0.251 e. The van der Waals surface area contributed by atoms with Crippen LogP contribution in [0.15, 0.2) is 0 Å². The largest absolute Gasteiger partial charge is 0.388 e. The fourth-order valence-electron chi connectivity index (χ4n) is 2.38. The van der Waals surface area contributed by atoms with Crippen LogP contribution < -0.4 is 0 Å². The Kier molecular flexibility index (Phi) is 2.98. The summed E-state index contributed by atoms with van der Waals surface area (Å²) in [5, 5.41) is 9.90. The molecule has 0 radical (unpaired) electrons. The second-order valence-corrected chi connectivity index (χ2v) is 4.86. The van der Waals surface area contributed by atoms with Crippen molar-refractivity contribution in [3.8, 4) is 0 Å². The minimum absolute atomic E-state index is 0.0625. The molecule has 4 nitrogen and oxygen atoms in total. The van der Waals surface area contributed by atoms with Gasteiger partial charge in [0.05, 0.1) is 5.60 Å². The lowest BCUT2D eigenvalue weighted by atomic mass is 9.95. The van der Waals surface area contributed by atoms with E-state index in [0.717, 1.165) is 32.2 Å². The van der Waals surface area contributed by atoms with E-state index in [1.165, 1.54) is 0 Å². The minimum Gasteiger partial charge on any atom is -0.388 e. The van der Waals surface area contributed by atoms with Crippen molar-refractivity contribution in [2.45, 2.75) is 44.3 Å². The van der Waals surface area contributed by atoms with Gasteiger partial charge < -0.3 is 14.7 Å². The van der Waals surface area contributed by atoms with E-state index in [1.807, 2.05) is 0 Å². The number of aliphatic hydroxyl groups is 1. The molecule has 86 valence electrons. The first-order chi connectivity index (χ1) is 7.08. The Hall–Kier alpha value is -0.610. The quantitative estimate of drug-likeness (QED) is 0.691. The van der Waals surface area contributed by atoms with E-state index < -0.39 is 5.60 Å². The van der Waals surface area contributed by atoms with Crippen LogP contribution in [0.25, 0.3) is 0 Å². The third kappa shape index (κ3) is 2.49. The number of rotatable bonds is 1. The highest BCUT2D eigenvalue weighted by Crippen LogP contribution is 2.23. The highest BCUT2D eigenvalue weighted by molar-refractivity contribution is 5.81. The number of carbonyl (C=O) groups excluding carboxylic acids is 1. The molecule has 2 aliphatic rings. The van der Waals surface area contributed by atoms with E-state index in [-0.39, 0.29) is 12.0 Å². The number of hydrogen-bond acceptors (Lipinski definition) is 3. The van der Waals surface area contributed by atoms with Crippen LogP contribution in [0.3, 0.4) is 0 Å². The molecule has 2 aliphatic heterocycles. The predicted molar refractivity (Wildman–Crippen MR) is 55.4 cm³/mol. The Morgan fingerprint density at radius 3 is 2.93 bits per heavy atom. The number of nitrogens with zero attached hydrogens (tertiary/aromatic N) is 1. The van der Waals surface area contributed by atoms with Crippen molar-refractivity contribution < 1.29 is 14.6 Å². The maximum Gasteiger partial charge on any atom is 0.251 e. The number of carbonyl (C=O) groups is 1. The maximum absolute atomic E-state index is 12.0. The van der Waals surface area contributed by atoms with Gasteiger partial charge in [-0.05, 0) is 32.6 Å². The Labute approximate surface area is 90.2 Å². The van der Waals surface area contributed by atoms with E-state index in [2.05, 4.69) is 0 Å². The second-order valence-electron chi connectivity index (χ2n) is 4.86. The van der Waals surface area contributed by atoms with Crippen molar-refractivity contribution in [1.82, 2.24) is 4.90 Å². The second kappa shape index (κ2) is 4.10. The molecule has 0 aromatic heterocycles. The van der Waals surface area contributed by atoms with Crippen LogP contribution in [0.5, 0.6) is 0 Å². The lowest BCUT2D eigenvalue weighted by molar-refractivity contribution is -0.147. The maximum atomic E-state index is 12.0. The predicted octanol–water partition coefficient (Wildman–Crippen LogP) is 0.539. The van der Waals surface area contributed by atoms with Crippen molar-refractivity contribution in [2.75, 3.05) is 19.7 Å². The van der Waals surface area contributed by atoms with Crippen LogP contribution in [0.1, 0.15) is 32.6 Å². The van der Waals surface area contributed by atoms with E-state index >= 15 is 0 Å². The van der Waals surface area contributed by atoms with Gasteiger partial charge in [-0.15, -0.1) is 0 Å². The van der Waals surface area contributed by atoms with Crippen LogP contribution in [-0.4, -0.2) is 47.3 Å². The topological polar surface area (TPSA) is 49.8 Å². The molecular formula is C11H19NO3. The SMILES string of the molecule is CC1(O)CCCN(C(=O)[C@@H]2CCCO2)C1. The molecule has 0 aliphatic carbocycles. The fraction of sp³-hybridized carbons (Fsp3) is 0.909.